The number of anilines is 2. The highest BCUT2D eigenvalue weighted by Gasteiger charge is 2.34. The Morgan fingerprint density at radius 3 is 2.38 bits per heavy atom. The van der Waals surface area contributed by atoms with E-state index in [0.717, 1.165) is 16.9 Å². The van der Waals surface area contributed by atoms with Crippen LogP contribution in [0.5, 0.6) is 0 Å². The highest BCUT2D eigenvalue weighted by molar-refractivity contribution is 6.12. The number of carbonyl (C=O) groups excluding carboxylic acids is 1. The molecule has 1 N–H and O–H groups in total. The number of amides is 1. The molecule has 142 valence electrons. The molecule has 1 amide bonds. The quantitative estimate of drug-likeness (QED) is 0.553. The van der Waals surface area contributed by atoms with Crippen molar-refractivity contribution in [1.82, 2.24) is 9.78 Å². The van der Waals surface area contributed by atoms with E-state index in [1.165, 1.54) is 12.1 Å². The van der Waals surface area contributed by atoms with Gasteiger partial charge in [-0.15, -0.1) is 0 Å². The van der Waals surface area contributed by atoms with E-state index in [-0.39, 0.29) is 11.7 Å². The second kappa shape index (κ2) is 6.91. The third-order valence-corrected chi connectivity index (χ3v) is 4.97. The van der Waals surface area contributed by atoms with Gasteiger partial charge in [-0.25, -0.2) is 9.07 Å². The van der Waals surface area contributed by atoms with Crippen molar-refractivity contribution in [3.8, 4) is 5.69 Å². The van der Waals surface area contributed by atoms with E-state index in [0.29, 0.717) is 11.3 Å². The maximum absolute atomic E-state index is 13.5. The second-order valence-corrected chi connectivity index (χ2v) is 6.80. The number of fused-ring (bicyclic) bond motifs is 1. The predicted octanol–water partition coefficient (Wildman–Crippen LogP) is 4.78. The van der Waals surface area contributed by atoms with E-state index in [4.69, 9.17) is 0 Å². The number of nitrogens with zero attached hydrogens (tertiary/aromatic N) is 3. The van der Waals surface area contributed by atoms with Crippen molar-refractivity contribution in [3.05, 3.63) is 108 Å². The van der Waals surface area contributed by atoms with E-state index < -0.39 is 6.17 Å². The van der Waals surface area contributed by atoms with Crippen molar-refractivity contribution in [3.63, 3.8) is 0 Å². The fraction of sp³-hybridized carbons (Fsp3) is 0.0435. The van der Waals surface area contributed by atoms with E-state index in [2.05, 4.69) is 10.4 Å². The SMILES string of the molecule is O=C1c2ccccc2N[C@H](c2cnn(-c3ccccc3)c2)N1c1ccc(F)cc1. The Bertz CT molecular complexity index is 1170. The summed E-state index contributed by atoms with van der Waals surface area (Å²) in [5.74, 6) is -0.497. The molecule has 0 spiro atoms. The van der Waals surface area contributed by atoms with Gasteiger partial charge in [0.1, 0.15) is 12.0 Å². The first-order valence-corrected chi connectivity index (χ1v) is 9.25. The van der Waals surface area contributed by atoms with Crippen molar-refractivity contribution in [2.45, 2.75) is 6.17 Å². The van der Waals surface area contributed by atoms with Crippen LogP contribution in [-0.4, -0.2) is 15.7 Å². The first-order chi connectivity index (χ1) is 14.2. The molecule has 0 aliphatic carbocycles. The Labute approximate surface area is 167 Å². The van der Waals surface area contributed by atoms with Crippen LogP contribution in [0, 0.1) is 5.82 Å². The summed E-state index contributed by atoms with van der Waals surface area (Å²) in [6, 6.07) is 23.1. The first kappa shape index (κ1) is 17.2. The number of carbonyl (C=O) groups is 1. The molecular weight excluding hydrogens is 367 g/mol. The lowest BCUT2D eigenvalue weighted by Crippen LogP contribution is -2.43. The van der Waals surface area contributed by atoms with Crippen LogP contribution in [-0.2, 0) is 0 Å². The van der Waals surface area contributed by atoms with Crippen LogP contribution in [0.25, 0.3) is 5.69 Å². The average Bonchev–Trinajstić information content (AvgIpc) is 3.25. The fourth-order valence-corrected chi connectivity index (χ4v) is 3.55. The molecule has 0 bridgehead atoms. The number of hydrogen-bond donors (Lipinski definition) is 1. The topological polar surface area (TPSA) is 50.2 Å². The summed E-state index contributed by atoms with van der Waals surface area (Å²) in [5.41, 5.74) is 3.68. The monoisotopic (exact) mass is 384 g/mol. The zero-order valence-electron chi connectivity index (χ0n) is 15.4. The van der Waals surface area contributed by atoms with E-state index in [1.54, 1.807) is 34.0 Å². The van der Waals surface area contributed by atoms with E-state index in [9.17, 15) is 9.18 Å². The van der Waals surface area contributed by atoms with E-state index in [1.807, 2.05) is 54.7 Å². The third kappa shape index (κ3) is 3.04. The van der Waals surface area contributed by atoms with Gasteiger partial charge in [0.2, 0.25) is 0 Å². The molecule has 0 saturated heterocycles. The smallest absolute Gasteiger partial charge is 0.262 e. The van der Waals surface area contributed by atoms with Crippen LogP contribution in [0.2, 0.25) is 0 Å². The van der Waals surface area contributed by atoms with Gasteiger partial charge in [-0.05, 0) is 48.5 Å². The molecule has 5 nitrogen and oxygen atoms in total. The lowest BCUT2D eigenvalue weighted by Gasteiger charge is -2.37. The number of hydrogen-bond acceptors (Lipinski definition) is 3. The standard InChI is InChI=1S/C23H17FN4O/c24-17-10-12-19(13-11-17)28-22(26-21-9-5-4-8-20(21)23(28)29)16-14-25-27(15-16)18-6-2-1-3-7-18/h1-15,22,26H/t22-/m0/s1. The maximum Gasteiger partial charge on any atom is 0.262 e. The molecular formula is C23H17FN4O. The third-order valence-electron chi connectivity index (χ3n) is 4.97. The lowest BCUT2D eigenvalue weighted by molar-refractivity contribution is 0.0975. The molecule has 0 radical (unpaired) electrons. The van der Waals surface area contributed by atoms with Crippen molar-refractivity contribution in [1.29, 1.82) is 0 Å². The van der Waals surface area contributed by atoms with Gasteiger partial charge < -0.3 is 5.32 Å². The largest absolute Gasteiger partial charge is 0.360 e. The van der Waals surface area contributed by atoms with Crippen LogP contribution in [0.1, 0.15) is 22.1 Å². The number of benzene rings is 3. The summed E-state index contributed by atoms with van der Waals surface area (Å²) in [5, 5.41) is 7.89. The van der Waals surface area contributed by atoms with Gasteiger partial charge in [-0.2, -0.15) is 5.10 Å². The van der Waals surface area contributed by atoms with Gasteiger partial charge in [-0.3, -0.25) is 9.69 Å². The van der Waals surface area contributed by atoms with Crippen molar-refractivity contribution >= 4 is 17.3 Å². The Morgan fingerprint density at radius 2 is 1.59 bits per heavy atom. The molecule has 1 aromatic heterocycles. The number of rotatable bonds is 3. The molecule has 4 aromatic rings. The van der Waals surface area contributed by atoms with Gasteiger partial charge in [0.15, 0.2) is 0 Å². The van der Waals surface area contributed by atoms with E-state index >= 15 is 0 Å². The minimum absolute atomic E-state index is 0.150. The second-order valence-electron chi connectivity index (χ2n) is 6.80. The zero-order chi connectivity index (χ0) is 19.8. The minimum atomic E-state index is -0.472. The number of aromatic nitrogens is 2. The normalized spacial score (nSPS) is 15.7. The molecule has 2 heterocycles. The van der Waals surface area contributed by atoms with Crippen molar-refractivity contribution < 1.29 is 9.18 Å². The Hall–Kier alpha value is -3.93. The summed E-state index contributed by atoms with van der Waals surface area (Å²) in [4.78, 5) is 15.0. The lowest BCUT2D eigenvalue weighted by atomic mass is 10.0. The number of nitrogens with one attached hydrogen (secondary N) is 1. The van der Waals surface area contributed by atoms with Gasteiger partial charge in [0.05, 0.1) is 17.4 Å². The van der Waals surface area contributed by atoms with Crippen molar-refractivity contribution in [2.75, 3.05) is 10.2 Å². The van der Waals surface area contributed by atoms with Gasteiger partial charge in [0.25, 0.3) is 5.91 Å². The van der Waals surface area contributed by atoms with Crippen molar-refractivity contribution in [2.24, 2.45) is 0 Å². The summed E-state index contributed by atoms with van der Waals surface area (Å²) in [6.07, 6.45) is 3.16. The molecule has 5 rings (SSSR count). The summed E-state index contributed by atoms with van der Waals surface area (Å²) >= 11 is 0. The molecule has 3 aromatic carbocycles. The molecule has 1 aliphatic heterocycles. The van der Waals surface area contributed by atoms with Crippen LogP contribution in [0.4, 0.5) is 15.8 Å². The Kier molecular flexibility index (Phi) is 4.09. The molecule has 1 atom stereocenters. The van der Waals surface area contributed by atoms with Gasteiger partial charge >= 0.3 is 0 Å². The van der Waals surface area contributed by atoms with Crippen LogP contribution < -0.4 is 10.2 Å². The zero-order valence-corrected chi connectivity index (χ0v) is 15.4. The molecule has 29 heavy (non-hydrogen) atoms. The summed E-state index contributed by atoms with van der Waals surface area (Å²) < 4.78 is 15.2. The first-order valence-electron chi connectivity index (χ1n) is 9.25. The number of para-hydroxylation sites is 2. The number of halogens is 1. The molecule has 1 aliphatic rings. The molecule has 6 heteroatoms. The molecule has 0 saturated carbocycles. The van der Waals surface area contributed by atoms with Gasteiger partial charge in [0, 0.05) is 23.1 Å². The molecule has 0 unspecified atom stereocenters. The van der Waals surface area contributed by atoms with Crippen LogP contribution in [0.3, 0.4) is 0 Å². The molecule has 0 fully saturated rings. The highest BCUT2D eigenvalue weighted by atomic mass is 19.1. The minimum Gasteiger partial charge on any atom is -0.360 e. The van der Waals surface area contributed by atoms with Gasteiger partial charge in [-0.1, -0.05) is 30.3 Å². The maximum atomic E-state index is 13.5. The van der Waals surface area contributed by atoms with Crippen LogP contribution >= 0.6 is 0 Å². The summed E-state index contributed by atoms with van der Waals surface area (Å²) in [7, 11) is 0. The Morgan fingerprint density at radius 1 is 0.862 bits per heavy atom. The van der Waals surface area contributed by atoms with Crippen LogP contribution in [0.15, 0.2) is 91.3 Å². The highest BCUT2D eigenvalue weighted by Crippen LogP contribution is 2.36. The Balaban J connectivity index is 1.60. The predicted molar refractivity (Wildman–Crippen MR) is 110 cm³/mol. The fourth-order valence-electron chi connectivity index (χ4n) is 3.55. The average molecular weight is 384 g/mol. The summed E-state index contributed by atoms with van der Waals surface area (Å²) in [6.45, 7) is 0.